The topological polar surface area (TPSA) is 108 Å². The summed E-state index contributed by atoms with van der Waals surface area (Å²) in [4.78, 5) is 16.4. The van der Waals surface area contributed by atoms with E-state index < -0.39 is 12.3 Å². The molecule has 0 radical (unpaired) electrons. The molecule has 9 heteroatoms. The fourth-order valence-electron chi connectivity index (χ4n) is 10.7. The summed E-state index contributed by atoms with van der Waals surface area (Å²) < 4.78 is 28.8. The maximum atomic E-state index is 11.5. The van der Waals surface area contributed by atoms with E-state index in [1.807, 2.05) is 0 Å². The second-order valence-corrected chi connectivity index (χ2v) is 14.1. The fourth-order valence-corrected chi connectivity index (χ4v) is 10.7. The van der Waals surface area contributed by atoms with Crippen molar-refractivity contribution in [1.29, 1.82) is 5.41 Å². The van der Waals surface area contributed by atoms with E-state index in [2.05, 4.69) is 33.2 Å². The lowest BCUT2D eigenvalue weighted by Gasteiger charge is -2.65. The van der Waals surface area contributed by atoms with Gasteiger partial charge in [0, 0.05) is 27.8 Å². The lowest BCUT2D eigenvalue weighted by atomic mass is 9.41. The molecule has 9 nitrogen and oxygen atoms in total. The van der Waals surface area contributed by atoms with Gasteiger partial charge in [0.25, 0.3) is 0 Å². The molecule has 0 aromatic carbocycles. The first-order chi connectivity index (χ1) is 20.0. The van der Waals surface area contributed by atoms with Gasteiger partial charge in [0.15, 0.2) is 0 Å². The molecule has 0 aromatic heterocycles. The van der Waals surface area contributed by atoms with Crippen molar-refractivity contribution in [3.8, 4) is 0 Å². The van der Waals surface area contributed by atoms with Crippen molar-refractivity contribution in [2.75, 3.05) is 27.9 Å². The molecule has 4 aliphatic carbocycles. The predicted octanol–water partition coefficient (Wildman–Crippen LogP) is 7.29. The Labute approximate surface area is 253 Å². The second-order valence-electron chi connectivity index (χ2n) is 14.1. The van der Waals surface area contributed by atoms with Crippen LogP contribution in [0.15, 0.2) is 0 Å². The summed E-state index contributed by atoms with van der Waals surface area (Å²) in [5.41, 5.74) is 2.79. The van der Waals surface area contributed by atoms with Crippen LogP contribution in [0.3, 0.4) is 0 Å². The van der Waals surface area contributed by atoms with Crippen molar-refractivity contribution in [3.05, 3.63) is 0 Å². The van der Waals surface area contributed by atoms with Gasteiger partial charge in [0.05, 0.1) is 12.7 Å². The number of hydroxylamine groups is 1. The summed E-state index contributed by atoms with van der Waals surface area (Å²) in [6, 6.07) is 0. The van der Waals surface area contributed by atoms with Gasteiger partial charge in [-0.3, -0.25) is 10.1 Å². The van der Waals surface area contributed by atoms with Crippen LogP contribution in [-0.4, -0.2) is 52.2 Å². The van der Waals surface area contributed by atoms with Crippen LogP contribution in [-0.2, 0) is 28.5 Å². The molecule has 0 amide bonds. The van der Waals surface area contributed by atoms with Crippen molar-refractivity contribution < 1.29 is 33.3 Å². The van der Waals surface area contributed by atoms with Gasteiger partial charge in [-0.05, 0) is 104 Å². The van der Waals surface area contributed by atoms with Crippen LogP contribution in [0.25, 0.3) is 0 Å². The Morgan fingerprint density at radius 3 is 2.38 bits per heavy atom. The molecular formula is C33H58N2O7. The molecule has 4 rings (SSSR count). The number of carbonyl (C=O) groups is 1. The van der Waals surface area contributed by atoms with Crippen LogP contribution < -0.4 is 5.48 Å². The summed E-state index contributed by atoms with van der Waals surface area (Å²) in [7, 11) is 4.77. The monoisotopic (exact) mass is 594 g/mol. The van der Waals surface area contributed by atoms with Crippen LogP contribution in [0.5, 0.6) is 0 Å². The van der Waals surface area contributed by atoms with Gasteiger partial charge in [-0.2, -0.15) is 0 Å². The minimum absolute atomic E-state index is 0.0368. The minimum Gasteiger partial charge on any atom is -0.433 e. The molecule has 0 aliphatic heterocycles. The smallest absolute Gasteiger partial charge is 0.433 e. The quantitative estimate of drug-likeness (QED) is 0.0844. The van der Waals surface area contributed by atoms with Crippen molar-refractivity contribution in [2.24, 2.45) is 52.3 Å². The van der Waals surface area contributed by atoms with Crippen LogP contribution in [0.2, 0.25) is 0 Å². The molecule has 10 atom stereocenters. The zero-order chi connectivity index (χ0) is 30.7. The normalized spacial score (nSPS) is 38.5. The van der Waals surface area contributed by atoms with Crippen molar-refractivity contribution in [1.82, 2.24) is 5.48 Å². The summed E-state index contributed by atoms with van der Waals surface area (Å²) in [5, 5.41) is 8.27. The van der Waals surface area contributed by atoms with Crippen LogP contribution >= 0.6 is 0 Å². The number of hydrogen-bond donors (Lipinski definition) is 2. The van der Waals surface area contributed by atoms with E-state index in [0.717, 1.165) is 24.7 Å². The Hall–Kier alpha value is -1.42. The molecular weight excluding hydrogens is 536 g/mol. The van der Waals surface area contributed by atoms with E-state index in [4.69, 9.17) is 33.9 Å². The number of hydrogen-bond acceptors (Lipinski definition) is 8. The van der Waals surface area contributed by atoms with Crippen LogP contribution in [0.4, 0.5) is 4.79 Å². The Kier molecular flexibility index (Phi) is 10.9. The van der Waals surface area contributed by atoms with E-state index in [0.29, 0.717) is 36.0 Å². The Bertz CT molecular complexity index is 920. The molecule has 4 saturated carbocycles. The standard InChI is InChI=1S/C33H58N2O7/c1-9-22-19-23-26-16-15-24(21(3)14-17-28(34)35-42-30(36)40-10-2)32(26,5)20-27(41-33(37-6,38-7)39-8)29(23)31(4)18-12-11-13-25(22)31/h21-27,29H,9-20H2,1-8H3,(H2,34,35)/t21-,22+,23+,24-,25+,26+,27-,29-,31+,32-/m1/s1. The van der Waals surface area contributed by atoms with E-state index in [1.165, 1.54) is 51.4 Å². The number of amidine groups is 1. The summed E-state index contributed by atoms with van der Waals surface area (Å²) in [5.74, 6) is 4.29. The molecule has 2 N–H and O–H groups in total. The molecule has 0 aromatic rings. The summed E-state index contributed by atoms with van der Waals surface area (Å²) in [6.45, 7) is 11.8. The fraction of sp³-hybridized carbons (Fsp3) is 0.939. The van der Waals surface area contributed by atoms with Gasteiger partial charge in [-0.25, -0.2) is 10.3 Å². The van der Waals surface area contributed by atoms with Gasteiger partial charge in [-0.1, -0.05) is 47.0 Å². The molecule has 0 unspecified atom stereocenters. The van der Waals surface area contributed by atoms with Crippen molar-refractivity contribution in [2.45, 2.75) is 118 Å². The summed E-state index contributed by atoms with van der Waals surface area (Å²) in [6.07, 6.45) is 10.2. The second kappa shape index (κ2) is 13.7. The highest BCUT2D eigenvalue weighted by molar-refractivity contribution is 5.79. The number of carbonyl (C=O) groups excluding carboxylic acids is 1. The lowest BCUT2D eigenvalue weighted by Crippen LogP contribution is -2.62. The van der Waals surface area contributed by atoms with E-state index in [9.17, 15) is 4.79 Å². The highest BCUT2D eigenvalue weighted by atomic mass is 17.0. The Balaban J connectivity index is 1.59. The first-order valence-corrected chi connectivity index (χ1v) is 16.5. The van der Waals surface area contributed by atoms with E-state index in [-0.39, 0.29) is 29.4 Å². The Morgan fingerprint density at radius 1 is 1.02 bits per heavy atom. The van der Waals surface area contributed by atoms with Gasteiger partial charge < -0.3 is 23.8 Å². The number of nitrogens with one attached hydrogen (secondary N) is 2. The van der Waals surface area contributed by atoms with Crippen LogP contribution in [0, 0.1) is 57.7 Å². The maximum absolute atomic E-state index is 11.5. The number of ether oxygens (including phenoxy) is 5. The van der Waals surface area contributed by atoms with Crippen molar-refractivity contribution in [3.63, 3.8) is 0 Å². The maximum Gasteiger partial charge on any atom is 0.533 e. The number of methoxy groups -OCH3 is 3. The Morgan fingerprint density at radius 2 is 1.74 bits per heavy atom. The molecule has 42 heavy (non-hydrogen) atoms. The van der Waals surface area contributed by atoms with Crippen molar-refractivity contribution >= 4 is 12.0 Å². The highest BCUT2D eigenvalue weighted by Gasteiger charge is 2.65. The van der Waals surface area contributed by atoms with Gasteiger partial charge in [0.1, 0.15) is 5.84 Å². The summed E-state index contributed by atoms with van der Waals surface area (Å²) >= 11 is 0. The van der Waals surface area contributed by atoms with Gasteiger partial charge in [0.2, 0.25) is 0 Å². The first kappa shape index (κ1) is 33.5. The van der Waals surface area contributed by atoms with Crippen LogP contribution in [0.1, 0.15) is 105 Å². The molecule has 0 heterocycles. The third-order valence-corrected chi connectivity index (χ3v) is 12.4. The van der Waals surface area contributed by atoms with Gasteiger partial charge in [-0.15, -0.1) is 0 Å². The molecule has 0 saturated heterocycles. The average Bonchev–Trinajstić information content (AvgIpc) is 3.33. The largest absolute Gasteiger partial charge is 0.533 e. The highest BCUT2D eigenvalue weighted by Crippen LogP contribution is 2.70. The molecule has 242 valence electrons. The number of rotatable bonds is 11. The first-order valence-electron chi connectivity index (χ1n) is 16.5. The molecule has 4 fully saturated rings. The third-order valence-electron chi connectivity index (χ3n) is 12.4. The average molecular weight is 595 g/mol. The van der Waals surface area contributed by atoms with E-state index >= 15 is 0 Å². The molecule has 0 bridgehead atoms. The molecule has 0 spiro atoms. The van der Waals surface area contributed by atoms with Gasteiger partial charge >= 0.3 is 12.3 Å². The number of fused-ring (bicyclic) bond motifs is 5. The molecule has 4 aliphatic rings. The zero-order valence-electron chi connectivity index (χ0n) is 27.5. The SMILES string of the molecule is CCOC(=O)ONC(=N)CC[C@@H](C)[C@H]1CC[C@H]2[C@@H]3C[C@H](CC)[C@@H]4CCCC[C@]4(C)[C@H]3[C@H](OC(OC)(OC)OC)C[C@]12C. The predicted molar refractivity (Wildman–Crippen MR) is 160 cm³/mol. The minimum atomic E-state index is -1.51. The zero-order valence-corrected chi connectivity index (χ0v) is 27.5. The lowest BCUT2D eigenvalue weighted by molar-refractivity contribution is -0.498. The van der Waals surface area contributed by atoms with E-state index in [1.54, 1.807) is 28.3 Å². The third kappa shape index (κ3) is 6.22.